The second kappa shape index (κ2) is 5.59. The van der Waals surface area contributed by atoms with Gasteiger partial charge in [-0.05, 0) is 19.8 Å². The molecule has 0 saturated heterocycles. The highest BCUT2D eigenvalue weighted by atomic mass is 32.1. The van der Waals surface area contributed by atoms with E-state index in [2.05, 4.69) is 14.3 Å². The van der Waals surface area contributed by atoms with E-state index < -0.39 is 0 Å². The summed E-state index contributed by atoms with van der Waals surface area (Å²) in [5, 5.41) is 10.1. The van der Waals surface area contributed by atoms with Gasteiger partial charge < -0.3 is 10.0 Å². The summed E-state index contributed by atoms with van der Waals surface area (Å²) in [4.78, 5) is 6.67. The van der Waals surface area contributed by atoms with Gasteiger partial charge in [-0.2, -0.15) is 4.37 Å². The average molecular weight is 241 g/mol. The SMILES string of the molecule is Cc1nsc(N(CCO)C2CCCCC2)n1. The van der Waals surface area contributed by atoms with Gasteiger partial charge in [0.1, 0.15) is 5.82 Å². The highest BCUT2D eigenvalue weighted by Gasteiger charge is 2.23. The minimum absolute atomic E-state index is 0.190. The van der Waals surface area contributed by atoms with E-state index in [1.807, 2.05) is 6.92 Å². The molecule has 1 aromatic heterocycles. The molecule has 0 amide bonds. The van der Waals surface area contributed by atoms with E-state index >= 15 is 0 Å². The van der Waals surface area contributed by atoms with Gasteiger partial charge in [-0.25, -0.2) is 4.98 Å². The summed E-state index contributed by atoms with van der Waals surface area (Å²) in [6.07, 6.45) is 6.38. The van der Waals surface area contributed by atoms with Gasteiger partial charge in [0.05, 0.1) is 6.61 Å². The molecule has 1 aliphatic carbocycles. The smallest absolute Gasteiger partial charge is 0.205 e. The van der Waals surface area contributed by atoms with E-state index in [4.69, 9.17) is 5.11 Å². The second-order valence-electron chi connectivity index (χ2n) is 4.33. The monoisotopic (exact) mass is 241 g/mol. The van der Waals surface area contributed by atoms with Gasteiger partial charge in [-0.1, -0.05) is 19.3 Å². The summed E-state index contributed by atoms with van der Waals surface area (Å²) in [5.41, 5.74) is 0. The molecule has 0 aromatic carbocycles. The maximum absolute atomic E-state index is 9.15. The van der Waals surface area contributed by atoms with Crippen molar-refractivity contribution in [2.75, 3.05) is 18.1 Å². The predicted octanol–water partition coefficient (Wildman–Crippen LogP) is 1.98. The lowest BCUT2D eigenvalue weighted by Crippen LogP contribution is -2.38. The average Bonchev–Trinajstić information content (AvgIpc) is 2.74. The molecule has 1 heterocycles. The van der Waals surface area contributed by atoms with E-state index in [0.29, 0.717) is 12.6 Å². The van der Waals surface area contributed by atoms with Crippen molar-refractivity contribution in [1.82, 2.24) is 9.36 Å². The van der Waals surface area contributed by atoms with Crippen LogP contribution < -0.4 is 4.90 Å². The van der Waals surface area contributed by atoms with Gasteiger partial charge >= 0.3 is 0 Å². The molecule has 0 unspecified atom stereocenters. The Morgan fingerprint density at radius 3 is 2.69 bits per heavy atom. The van der Waals surface area contributed by atoms with Crippen LogP contribution in [0.4, 0.5) is 5.13 Å². The van der Waals surface area contributed by atoms with E-state index in [-0.39, 0.29) is 6.61 Å². The fourth-order valence-corrected chi connectivity index (χ4v) is 3.11. The van der Waals surface area contributed by atoms with Crippen molar-refractivity contribution in [2.24, 2.45) is 0 Å². The van der Waals surface area contributed by atoms with Crippen LogP contribution in [0.1, 0.15) is 37.9 Å². The summed E-state index contributed by atoms with van der Waals surface area (Å²) >= 11 is 1.44. The van der Waals surface area contributed by atoms with Crippen molar-refractivity contribution in [1.29, 1.82) is 0 Å². The summed E-state index contributed by atoms with van der Waals surface area (Å²) < 4.78 is 4.22. The first-order chi connectivity index (χ1) is 7.81. The van der Waals surface area contributed by atoms with Crippen LogP contribution in [0.15, 0.2) is 0 Å². The van der Waals surface area contributed by atoms with Gasteiger partial charge in [-0.15, -0.1) is 0 Å². The molecule has 2 rings (SSSR count). The van der Waals surface area contributed by atoms with Gasteiger partial charge in [0.15, 0.2) is 0 Å². The first-order valence-electron chi connectivity index (χ1n) is 5.99. The molecule has 0 radical (unpaired) electrons. The summed E-state index contributed by atoms with van der Waals surface area (Å²) in [5.74, 6) is 0.832. The number of aromatic nitrogens is 2. The van der Waals surface area contributed by atoms with Crippen LogP contribution >= 0.6 is 11.5 Å². The fraction of sp³-hybridized carbons (Fsp3) is 0.818. The molecule has 1 fully saturated rings. The zero-order chi connectivity index (χ0) is 11.4. The van der Waals surface area contributed by atoms with Crippen molar-refractivity contribution < 1.29 is 5.11 Å². The van der Waals surface area contributed by atoms with Crippen molar-refractivity contribution in [3.8, 4) is 0 Å². The molecule has 0 bridgehead atoms. The molecule has 1 N–H and O–H groups in total. The third-order valence-electron chi connectivity index (χ3n) is 3.12. The molecule has 0 aliphatic heterocycles. The van der Waals surface area contributed by atoms with Crippen molar-refractivity contribution in [2.45, 2.75) is 45.1 Å². The number of nitrogens with zero attached hydrogens (tertiary/aromatic N) is 3. The van der Waals surface area contributed by atoms with Crippen LogP contribution in [-0.4, -0.2) is 33.7 Å². The van der Waals surface area contributed by atoms with E-state index in [1.54, 1.807) is 0 Å². The highest BCUT2D eigenvalue weighted by molar-refractivity contribution is 7.09. The van der Waals surface area contributed by atoms with Crippen LogP contribution in [0.25, 0.3) is 0 Å². The minimum Gasteiger partial charge on any atom is -0.395 e. The number of aliphatic hydroxyl groups excluding tert-OH is 1. The number of rotatable bonds is 4. The maximum Gasteiger partial charge on any atom is 0.205 e. The molecule has 16 heavy (non-hydrogen) atoms. The van der Waals surface area contributed by atoms with Gasteiger partial charge in [0.2, 0.25) is 5.13 Å². The molecular weight excluding hydrogens is 222 g/mol. The third-order valence-corrected chi connectivity index (χ3v) is 3.96. The van der Waals surface area contributed by atoms with Crippen LogP contribution in [0.5, 0.6) is 0 Å². The topological polar surface area (TPSA) is 49.2 Å². The lowest BCUT2D eigenvalue weighted by molar-refractivity contribution is 0.290. The number of aliphatic hydroxyl groups is 1. The van der Waals surface area contributed by atoms with Gasteiger partial charge in [-0.3, -0.25) is 0 Å². The Labute approximate surface area is 100 Å². The van der Waals surface area contributed by atoms with E-state index in [1.165, 1.54) is 43.6 Å². The molecule has 0 atom stereocenters. The summed E-state index contributed by atoms with van der Waals surface area (Å²) in [6.45, 7) is 2.78. The molecule has 4 nitrogen and oxygen atoms in total. The Balaban J connectivity index is 2.09. The number of hydrogen-bond acceptors (Lipinski definition) is 5. The zero-order valence-corrected chi connectivity index (χ0v) is 10.5. The highest BCUT2D eigenvalue weighted by Crippen LogP contribution is 2.27. The van der Waals surface area contributed by atoms with Crippen LogP contribution in [0.3, 0.4) is 0 Å². The Kier molecular flexibility index (Phi) is 4.12. The fourth-order valence-electron chi connectivity index (χ4n) is 2.34. The first kappa shape index (κ1) is 11.8. The quantitative estimate of drug-likeness (QED) is 0.875. The Hall–Kier alpha value is -0.680. The molecule has 90 valence electrons. The van der Waals surface area contributed by atoms with Gasteiger partial charge in [0, 0.05) is 24.1 Å². The van der Waals surface area contributed by atoms with Crippen molar-refractivity contribution in [3.05, 3.63) is 5.82 Å². The Morgan fingerprint density at radius 2 is 2.12 bits per heavy atom. The van der Waals surface area contributed by atoms with Crippen molar-refractivity contribution in [3.63, 3.8) is 0 Å². The molecular formula is C11H19N3OS. The van der Waals surface area contributed by atoms with Crippen LogP contribution in [0, 0.1) is 6.92 Å². The van der Waals surface area contributed by atoms with E-state index in [0.717, 1.165) is 11.0 Å². The molecule has 1 aliphatic rings. The molecule has 1 saturated carbocycles. The largest absolute Gasteiger partial charge is 0.395 e. The molecule has 5 heteroatoms. The van der Waals surface area contributed by atoms with Gasteiger partial charge in [0.25, 0.3) is 0 Å². The van der Waals surface area contributed by atoms with Crippen LogP contribution in [0.2, 0.25) is 0 Å². The molecule has 0 spiro atoms. The summed E-state index contributed by atoms with van der Waals surface area (Å²) in [6, 6.07) is 0.549. The lowest BCUT2D eigenvalue weighted by Gasteiger charge is -2.33. The molecule has 1 aromatic rings. The minimum atomic E-state index is 0.190. The maximum atomic E-state index is 9.15. The predicted molar refractivity (Wildman–Crippen MR) is 66.0 cm³/mol. The number of anilines is 1. The number of aryl methyl sites for hydroxylation is 1. The number of hydrogen-bond donors (Lipinski definition) is 1. The second-order valence-corrected chi connectivity index (χ2v) is 5.06. The van der Waals surface area contributed by atoms with E-state index in [9.17, 15) is 0 Å². The lowest BCUT2D eigenvalue weighted by atomic mass is 9.94. The van der Waals surface area contributed by atoms with Crippen molar-refractivity contribution >= 4 is 16.7 Å². The van der Waals surface area contributed by atoms with Crippen LogP contribution in [-0.2, 0) is 0 Å². The normalized spacial score (nSPS) is 17.6. The third kappa shape index (κ3) is 2.71. The standard InChI is InChI=1S/C11H19N3OS/c1-9-12-11(16-13-9)14(7-8-15)10-5-3-2-4-6-10/h10,15H,2-8H2,1H3. The zero-order valence-electron chi connectivity index (χ0n) is 9.72. The first-order valence-corrected chi connectivity index (χ1v) is 6.76. The Bertz CT molecular complexity index is 323. The summed E-state index contributed by atoms with van der Waals surface area (Å²) in [7, 11) is 0. The Morgan fingerprint density at radius 1 is 1.38 bits per heavy atom.